The maximum atomic E-state index is 13.2. The van der Waals surface area contributed by atoms with Gasteiger partial charge in [0.15, 0.2) is 0 Å². The van der Waals surface area contributed by atoms with E-state index in [1.165, 1.54) is 12.8 Å². The predicted molar refractivity (Wildman–Crippen MR) is 89.7 cm³/mol. The third-order valence-corrected chi connectivity index (χ3v) is 6.15. The van der Waals surface area contributed by atoms with Crippen molar-refractivity contribution in [2.24, 2.45) is 0 Å². The number of amides is 1. The number of aromatic amines is 1. The van der Waals surface area contributed by atoms with Crippen LogP contribution in [0.2, 0.25) is 0 Å². The van der Waals surface area contributed by atoms with Crippen LogP contribution in [0.4, 0.5) is 0 Å². The van der Waals surface area contributed by atoms with Crippen LogP contribution in [0.15, 0.2) is 4.79 Å². The first-order valence-electron chi connectivity index (χ1n) is 9.39. The van der Waals surface area contributed by atoms with E-state index in [0.717, 1.165) is 63.9 Å². The molecule has 132 valence electrons. The second-order valence-electron chi connectivity index (χ2n) is 7.53. The maximum Gasteiger partial charge on any atom is 0.343 e. The standard InChI is InChI=1S/C17H27N5O2/c23-15(17(8-1-2-9-17)21-10-3-4-11-21)18-13-5-6-14-19-20-16(24)22(14)12-7-13/h13H,1-12H2,(H,18,23)(H,20,24). The van der Waals surface area contributed by atoms with Crippen molar-refractivity contribution in [1.29, 1.82) is 0 Å². The molecule has 0 bridgehead atoms. The number of nitrogens with one attached hydrogen (secondary N) is 2. The van der Waals surface area contributed by atoms with Gasteiger partial charge in [-0.3, -0.25) is 14.3 Å². The first kappa shape index (κ1) is 15.9. The Kier molecular flexibility index (Phi) is 4.20. The van der Waals surface area contributed by atoms with Crippen molar-refractivity contribution in [2.45, 2.75) is 75.9 Å². The van der Waals surface area contributed by atoms with Gasteiger partial charge >= 0.3 is 5.69 Å². The Balaban J connectivity index is 1.44. The van der Waals surface area contributed by atoms with E-state index < -0.39 is 0 Å². The zero-order chi connectivity index (χ0) is 16.6. The summed E-state index contributed by atoms with van der Waals surface area (Å²) < 4.78 is 1.71. The number of nitrogens with zero attached hydrogens (tertiary/aromatic N) is 3. The van der Waals surface area contributed by atoms with E-state index in [0.29, 0.717) is 6.54 Å². The summed E-state index contributed by atoms with van der Waals surface area (Å²) in [5.74, 6) is 1.03. The maximum absolute atomic E-state index is 13.2. The molecule has 1 unspecified atom stereocenters. The molecule has 4 rings (SSSR count). The molecule has 2 N–H and O–H groups in total. The Morgan fingerprint density at radius 1 is 1.12 bits per heavy atom. The highest BCUT2D eigenvalue weighted by atomic mass is 16.2. The molecule has 2 aliphatic heterocycles. The fourth-order valence-electron chi connectivity index (χ4n) is 4.76. The van der Waals surface area contributed by atoms with Crippen molar-refractivity contribution in [3.63, 3.8) is 0 Å². The second-order valence-corrected chi connectivity index (χ2v) is 7.53. The van der Waals surface area contributed by atoms with Gasteiger partial charge < -0.3 is 5.32 Å². The van der Waals surface area contributed by atoms with E-state index in [2.05, 4.69) is 20.4 Å². The Hall–Kier alpha value is -1.63. The summed E-state index contributed by atoms with van der Waals surface area (Å²) >= 11 is 0. The van der Waals surface area contributed by atoms with Gasteiger partial charge in [0.2, 0.25) is 5.91 Å². The third kappa shape index (κ3) is 2.68. The molecule has 0 radical (unpaired) electrons. The molecule has 1 saturated heterocycles. The highest BCUT2D eigenvalue weighted by Crippen LogP contribution is 2.38. The molecule has 3 heterocycles. The van der Waals surface area contributed by atoms with Gasteiger partial charge in [0.1, 0.15) is 11.4 Å². The number of hydrogen-bond acceptors (Lipinski definition) is 4. The summed E-state index contributed by atoms with van der Waals surface area (Å²) in [7, 11) is 0. The van der Waals surface area contributed by atoms with Crippen molar-refractivity contribution < 1.29 is 4.79 Å². The van der Waals surface area contributed by atoms with Crippen LogP contribution < -0.4 is 11.0 Å². The van der Waals surface area contributed by atoms with Gasteiger partial charge in [0, 0.05) is 19.0 Å². The average molecular weight is 333 g/mol. The van der Waals surface area contributed by atoms with Gasteiger partial charge in [-0.2, -0.15) is 5.10 Å². The van der Waals surface area contributed by atoms with Gasteiger partial charge in [-0.15, -0.1) is 0 Å². The number of likely N-dealkylation sites (tertiary alicyclic amines) is 1. The molecule has 1 aromatic rings. The highest BCUT2D eigenvalue weighted by molar-refractivity contribution is 5.87. The van der Waals surface area contributed by atoms with E-state index in [9.17, 15) is 9.59 Å². The first-order chi connectivity index (χ1) is 11.7. The predicted octanol–water partition coefficient (Wildman–Crippen LogP) is 0.801. The molecule has 1 amide bonds. The lowest BCUT2D eigenvalue weighted by molar-refractivity contribution is -0.133. The third-order valence-electron chi connectivity index (χ3n) is 6.15. The zero-order valence-corrected chi connectivity index (χ0v) is 14.2. The number of carbonyl (C=O) groups excluding carboxylic acids is 1. The molecule has 3 aliphatic rings. The SMILES string of the molecule is O=C(NC1CCc2n[nH]c(=O)n2CC1)C1(N2CCCC2)CCCC1. The lowest BCUT2D eigenvalue weighted by atomic mass is 9.93. The Labute approximate surface area is 141 Å². The van der Waals surface area contributed by atoms with Crippen LogP contribution >= 0.6 is 0 Å². The van der Waals surface area contributed by atoms with Crippen molar-refractivity contribution in [3.8, 4) is 0 Å². The largest absolute Gasteiger partial charge is 0.352 e. The van der Waals surface area contributed by atoms with Crippen molar-refractivity contribution in [3.05, 3.63) is 16.3 Å². The molecule has 0 aromatic carbocycles. The number of fused-ring (bicyclic) bond motifs is 1. The minimum absolute atomic E-state index is 0.138. The zero-order valence-electron chi connectivity index (χ0n) is 14.2. The summed E-state index contributed by atoms with van der Waals surface area (Å²) in [6.45, 7) is 2.75. The molecule has 1 atom stereocenters. The van der Waals surface area contributed by atoms with E-state index >= 15 is 0 Å². The molecule has 0 spiro atoms. The van der Waals surface area contributed by atoms with E-state index in [1.807, 2.05) is 0 Å². The monoisotopic (exact) mass is 333 g/mol. The number of aryl methyl sites for hydroxylation is 1. The number of aromatic nitrogens is 3. The molecule has 7 heteroatoms. The van der Waals surface area contributed by atoms with Crippen molar-refractivity contribution >= 4 is 5.91 Å². The smallest absolute Gasteiger partial charge is 0.343 e. The molecule has 24 heavy (non-hydrogen) atoms. The molecular weight excluding hydrogens is 306 g/mol. The number of rotatable bonds is 3. The quantitative estimate of drug-likeness (QED) is 0.857. The topological polar surface area (TPSA) is 83.0 Å². The summed E-state index contributed by atoms with van der Waals surface area (Å²) in [5.41, 5.74) is -0.408. The van der Waals surface area contributed by atoms with E-state index in [1.54, 1.807) is 4.57 Å². The van der Waals surface area contributed by atoms with Gasteiger partial charge in [0.25, 0.3) is 0 Å². The highest BCUT2D eigenvalue weighted by Gasteiger charge is 2.47. The van der Waals surface area contributed by atoms with Crippen LogP contribution in [0.25, 0.3) is 0 Å². The lowest BCUT2D eigenvalue weighted by Crippen LogP contribution is -2.58. The van der Waals surface area contributed by atoms with Crippen LogP contribution in [-0.2, 0) is 17.8 Å². The van der Waals surface area contributed by atoms with Gasteiger partial charge in [-0.05, 0) is 51.6 Å². The molecule has 1 saturated carbocycles. The minimum atomic E-state index is -0.270. The summed E-state index contributed by atoms with van der Waals surface area (Å²) in [6, 6.07) is 0.138. The molecule has 1 aliphatic carbocycles. The Morgan fingerprint density at radius 2 is 1.88 bits per heavy atom. The van der Waals surface area contributed by atoms with Gasteiger partial charge in [-0.25, -0.2) is 9.89 Å². The Morgan fingerprint density at radius 3 is 2.62 bits per heavy atom. The minimum Gasteiger partial charge on any atom is -0.352 e. The van der Waals surface area contributed by atoms with E-state index in [4.69, 9.17) is 0 Å². The van der Waals surface area contributed by atoms with Crippen LogP contribution in [0.1, 0.15) is 57.2 Å². The summed E-state index contributed by atoms with van der Waals surface area (Å²) in [5, 5.41) is 9.93. The van der Waals surface area contributed by atoms with Crippen LogP contribution in [-0.4, -0.2) is 50.2 Å². The lowest BCUT2D eigenvalue weighted by Gasteiger charge is -2.38. The van der Waals surface area contributed by atoms with Crippen LogP contribution in [0, 0.1) is 0 Å². The van der Waals surface area contributed by atoms with E-state index in [-0.39, 0.29) is 23.2 Å². The number of hydrogen-bond donors (Lipinski definition) is 2. The fraction of sp³-hybridized carbons (Fsp3) is 0.824. The van der Waals surface area contributed by atoms with Gasteiger partial charge in [-0.1, -0.05) is 12.8 Å². The summed E-state index contributed by atoms with van der Waals surface area (Å²) in [6.07, 6.45) is 9.10. The Bertz CT molecular complexity index is 652. The van der Waals surface area contributed by atoms with Gasteiger partial charge in [0.05, 0.1) is 0 Å². The second kappa shape index (κ2) is 6.35. The first-order valence-corrected chi connectivity index (χ1v) is 9.39. The summed E-state index contributed by atoms with van der Waals surface area (Å²) in [4.78, 5) is 27.3. The molecule has 7 nitrogen and oxygen atoms in total. The van der Waals surface area contributed by atoms with Crippen LogP contribution in [0.3, 0.4) is 0 Å². The number of H-pyrrole nitrogens is 1. The van der Waals surface area contributed by atoms with Crippen molar-refractivity contribution in [2.75, 3.05) is 13.1 Å². The van der Waals surface area contributed by atoms with Crippen molar-refractivity contribution in [1.82, 2.24) is 25.0 Å². The molecule has 2 fully saturated rings. The fourth-order valence-corrected chi connectivity index (χ4v) is 4.76. The normalized spacial score (nSPS) is 26.9. The van der Waals surface area contributed by atoms with Crippen LogP contribution in [0.5, 0.6) is 0 Å². The molecular formula is C17H27N5O2. The number of carbonyl (C=O) groups is 1. The average Bonchev–Trinajstić information content (AvgIpc) is 3.30. The molecule has 1 aromatic heterocycles.